The Morgan fingerprint density at radius 1 is 1.28 bits per heavy atom. The van der Waals surface area contributed by atoms with Crippen LogP contribution < -0.4 is 21.1 Å². The van der Waals surface area contributed by atoms with E-state index in [-0.39, 0.29) is 6.61 Å². The topological polar surface area (TPSA) is 92.0 Å². The van der Waals surface area contributed by atoms with Gasteiger partial charge in [0.1, 0.15) is 5.75 Å². The molecule has 1 aliphatic rings. The molecule has 1 fully saturated rings. The number of nitrogens with one attached hydrogen (secondary N) is 2. The summed E-state index contributed by atoms with van der Waals surface area (Å²) in [5, 5.41) is 8.95. The third-order valence-corrected chi connectivity index (χ3v) is 5.85. The lowest BCUT2D eigenvalue weighted by Gasteiger charge is -2.27. The quantitative estimate of drug-likeness (QED) is 0.431. The first-order valence-corrected chi connectivity index (χ1v) is 10.8. The van der Waals surface area contributed by atoms with Crippen molar-refractivity contribution in [1.29, 1.82) is 0 Å². The first-order chi connectivity index (χ1) is 14.2. The molecule has 1 amide bonds. The Bertz CT molecular complexity index is 803. The van der Waals surface area contributed by atoms with Crippen molar-refractivity contribution in [1.82, 2.24) is 15.5 Å². The van der Waals surface area contributed by atoms with E-state index in [9.17, 15) is 4.79 Å². The van der Waals surface area contributed by atoms with Crippen molar-refractivity contribution in [2.75, 3.05) is 33.3 Å². The van der Waals surface area contributed by atoms with Crippen LogP contribution >= 0.6 is 11.3 Å². The first-order valence-electron chi connectivity index (χ1n) is 9.87. The summed E-state index contributed by atoms with van der Waals surface area (Å²) < 4.78 is 5.37. The van der Waals surface area contributed by atoms with E-state index in [1.165, 1.54) is 17.7 Å². The number of likely N-dealkylation sites (tertiary alicyclic amines) is 1. The fraction of sp³-hybridized carbons (Fsp3) is 0.429. The first kappa shape index (κ1) is 21.1. The van der Waals surface area contributed by atoms with Gasteiger partial charge in [-0.05, 0) is 55.1 Å². The van der Waals surface area contributed by atoms with E-state index in [2.05, 4.69) is 38.0 Å². The number of nitrogens with zero attached hydrogens (tertiary/aromatic N) is 2. The summed E-state index contributed by atoms with van der Waals surface area (Å²) in [7, 11) is 1.78. The van der Waals surface area contributed by atoms with Gasteiger partial charge in [-0.3, -0.25) is 14.7 Å². The van der Waals surface area contributed by atoms with Gasteiger partial charge in [0.15, 0.2) is 12.6 Å². The molecule has 3 rings (SSSR count). The summed E-state index contributed by atoms with van der Waals surface area (Å²) in [4.78, 5) is 19.2. The Labute approximate surface area is 176 Å². The summed E-state index contributed by atoms with van der Waals surface area (Å²) >= 11 is 1.81. The Hall–Kier alpha value is -2.58. The number of carbonyl (C=O) groups excluding carboxylic acids is 1. The van der Waals surface area contributed by atoms with Crippen LogP contribution in [0.2, 0.25) is 0 Å². The number of thiophene rings is 1. The molecule has 0 radical (unpaired) electrons. The third kappa shape index (κ3) is 6.47. The van der Waals surface area contributed by atoms with Crippen LogP contribution in [0.4, 0.5) is 0 Å². The standard InChI is InChI=1S/C21H29N5O2S/c1-23-21(24-13-16-6-4-7-17(12-16)28-15-20(22)27)25-14-18(19-8-5-11-29-19)26-9-2-3-10-26/h4-8,11-12,18H,2-3,9-10,13-15H2,1H3,(H2,22,27)(H2,23,24,25). The molecule has 29 heavy (non-hydrogen) atoms. The number of hydrogen-bond acceptors (Lipinski definition) is 5. The van der Waals surface area contributed by atoms with Crippen molar-refractivity contribution < 1.29 is 9.53 Å². The van der Waals surface area contributed by atoms with Crippen molar-refractivity contribution >= 4 is 23.2 Å². The molecule has 8 heteroatoms. The zero-order valence-corrected chi connectivity index (χ0v) is 17.6. The van der Waals surface area contributed by atoms with Gasteiger partial charge in [0.25, 0.3) is 5.91 Å². The Morgan fingerprint density at radius 2 is 2.10 bits per heavy atom. The second kappa shape index (κ2) is 10.8. The third-order valence-electron chi connectivity index (χ3n) is 4.88. The van der Waals surface area contributed by atoms with Crippen molar-refractivity contribution in [2.24, 2.45) is 10.7 Å². The number of nitrogens with two attached hydrogens (primary N) is 1. The number of amides is 1. The zero-order valence-electron chi connectivity index (χ0n) is 16.8. The summed E-state index contributed by atoms with van der Waals surface area (Å²) in [5.41, 5.74) is 6.16. The number of benzene rings is 1. The number of ether oxygens (including phenoxy) is 1. The van der Waals surface area contributed by atoms with Crippen LogP contribution in [0.15, 0.2) is 46.8 Å². The minimum absolute atomic E-state index is 0.124. The largest absolute Gasteiger partial charge is 0.484 e. The highest BCUT2D eigenvalue weighted by atomic mass is 32.1. The predicted molar refractivity (Wildman–Crippen MR) is 117 cm³/mol. The molecule has 2 aromatic rings. The lowest BCUT2D eigenvalue weighted by molar-refractivity contribution is -0.119. The van der Waals surface area contributed by atoms with Gasteiger partial charge in [-0.1, -0.05) is 18.2 Å². The highest BCUT2D eigenvalue weighted by molar-refractivity contribution is 7.10. The van der Waals surface area contributed by atoms with Crippen LogP contribution in [0.5, 0.6) is 5.75 Å². The van der Waals surface area contributed by atoms with Crippen molar-refractivity contribution in [3.05, 3.63) is 52.2 Å². The van der Waals surface area contributed by atoms with Crippen LogP contribution in [0.25, 0.3) is 0 Å². The fourth-order valence-electron chi connectivity index (χ4n) is 3.44. The molecule has 1 unspecified atom stereocenters. The van der Waals surface area contributed by atoms with Crippen LogP contribution in [0.1, 0.15) is 29.3 Å². The number of primary amides is 1. The minimum atomic E-state index is -0.489. The summed E-state index contributed by atoms with van der Waals surface area (Å²) in [6.45, 7) is 3.58. The van der Waals surface area contributed by atoms with Gasteiger partial charge < -0.3 is 21.1 Å². The van der Waals surface area contributed by atoms with Crippen LogP contribution in [-0.4, -0.2) is 50.1 Å². The molecule has 7 nitrogen and oxygen atoms in total. The fourth-order valence-corrected chi connectivity index (χ4v) is 4.30. The molecule has 1 saturated heterocycles. The summed E-state index contributed by atoms with van der Waals surface area (Å²) in [6.07, 6.45) is 2.53. The highest BCUT2D eigenvalue weighted by Crippen LogP contribution is 2.27. The summed E-state index contributed by atoms with van der Waals surface area (Å²) in [6, 6.07) is 12.3. The average molecular weight is 416 g/mol. The van der Waals surface area contributed by atoms with E-state index in [0.29, 0.717) is 18.3 Å². The SMILES string of the molecule is CN=C(NCc1cccc(OCC(N)=O)c1)NCC(c1cccs1)N1CCCC1. The van der Waals surface area contributed by atoms with Crippen molar-refractivity contribution in [3.8, 4) is 5.75 Å². The average Bonchev–Trinajstić information content (AvgIpc) is 3.44. The number of aliphatic imine (C=N–C) groups is 1. The minimum Gasteiger partial charge on any atom is -0.484 e. The van der Waals surface area contributed by atoms with E-state index < -0.39 is 5.91 Å². The number of hydrogen-bond donors (Lipinski definition) is 3. The number of carbonyl (C=O) groups is 1. The van der Waals surface area contributed by atoms with Crippen molar-refractivity contribution in [3.63, 3.8) is 0 Å². The maximum Gasteiger partial charge on any atom is 0.255 e. The molecule has 4 N–H and O–H groups in total. The lowest BCUT2D eigenvalue weighted by atomic mass is 10.2. The van der Waals surface area contributed by atoms with E-state index in [0.717, 1.165) is 31.2 Å². The molecule has 1 atom stereocenters. The van der Waals surface area contributed by atoms with E-state index in [1.54, 1.807) is 24.5 Å². The smallest absolute Gasteiger partial charge is 0.255 e. The summed E-state index contributed by atoms with van der Waals surface area (Å²) in [5.74, 6) is 0.892. The van der Waals surface area contributed by atoms with E-state index >= 15 is 0 Å². The van der Waals surface area contributed by atoms with Crippen LogP contribution in [-0.2, 0) is 11.3 Å². The van der Waals surface area contributed by atoms with Crippen LogP contribution in [0.3, 0.4) is 0 Å². The van der Waals surface area contributed by atoms with Crippen molar-refractivity contribution in [2.45, 2.75) is 25.4 Å². The number of rotatable bonds is 9. The van der Waals surface area contributed by atoms with Gasteiger partial charge in [0.2, 0.25) is 0 Å². The molecule has 1 aliphatic heterocycles. The predicted octanol–water partition coefficient (Wildman–Crippen LogP) is 2.11. The highest BCUT2D eigenvalue weighted by Gasteiger charge is 2.24. The normalized spacial score (nSPS) is 15.8. The van der Waals surface area contributed by atoms with Crippen LogP contribution in [0, 0.1) is 0 Å². The second-order valence-electron chi connectivity index (χ2n) is 6.98. The monoisotopic (exact) mass is 415 g/mol. The number of guanidine groups is 1. The molecule has 1 aromatic carbocycles. The van der Waals surface area contributed by atoms with Gasteiger partial charge in [-0.2, -0.15) is 0 Å². The molecule has 0 saturated carbocycles. The zero-order chi connectivity index (χ0) is 20.5. The van der Waals surface area contributed by atoms with Gasteiger partial charge in [-0.25, -0.2) is 0 Å². The molecule has 1 aromatic heterocycles. The lowest BCUT2D eigenvalue weighted by Crippen LogP contribution is -2.42. The molecular formula is C21H29N5O2S. The molecule has 2 heterocycles. The van der Waals surface area contributed by atoms with E-state index in [4.69, 9.17) is 10.5 Å². The van der Waals surface area contributed by atoms with Gasteiger partial charge >= 0.3 is 0 Å². The molecular weight excluding hydrogens is 386 g/mol. The Kier molecular flexibility index (Phi) is 7.89. The Morgan fingerprint density at radius 3 is 2.79 bits per heavy atom. The second-order valence-corrected chi connectivity index (χ2v) is 7.96. The Balaban J connectivity index is 1.53. The molecule has 156 valence electrons. The van der Waals surface area contributed by atoms with E-state index in [1.807, 2.05) is 18.2 Å². The molecule has 0 bridgehead atoms. The molecule has 0 spiro atoms. The van der Waals surface area contributed by atoms with Gasteiger partial charge in [0, 0.05) is 25.0 Å². The maximum atomic E-state index is 10.9. The van der Waals surface area contributed by atoms with Gasteiger partial charge in [0.05, 0.1) is 6.04 Å². The maximum absolute atomic E-state index is 10.9. The molecule has 0 aliphatic carbocycles. The van der Waals surface area contributed by atoms with Gasteiger partial charge in [-0.15, -0.1) is 11.3 Å².